The van der Waals surface area contributed by atoms with Gasteiger partial charge in [-0.15, -0.1) is 0 Å². The summed E-state index contributed by atoms with van der Waals surface area (Å²) in [5.74, 6) is 0.884. The summed E-state index contributed by atoms with van der Waals surface area (Å²) in [4.78, 5) is 15.8. The molecule has 0 radical (unpaired) electrons. The predicted octanol–water partition coefficient (Wildman–Crippen LogP) is 2.65. The summed E-state index contributed by atoms with van der Waals surface area (Å²) in [5, 5.41) is 3.55. The molecular weight excluding hydrogens is 300 g/mol. The number of carbonyl (C=O) groups is 1. The molecule has 1 aromatic carbocycles. The van der Waals surface area contributed by atoms with Gasteiger partial charge in [-0.3, -0.25) is 9.79 Å². The van der Waals surface area contributed by atoms with E-state index in [1.54, 1.807) is 11.8 Å². The van der Waals surface area contributed by atoms with Crippen LogP contribution in [0.15, 0.2) is 29.3 Å². The van der Waals surface area contributed by atoms with Gasteiger partial charge in [-0.25, -0.2) is 0 Å². The summed E-state index contributed by atoms with van der Waals surface area (Å²) >= 11 is 4.99. The number of carbonyl (C=O) groups excluding carboxylic acids is 1. The van der Waals surface area contributed by atoms with Crippen molar-refractivity contribution in [3.05, 3.63) is 35.4 Å². The van der Waals surface area contributed by atoms with Crippen LogP contribution in [0.3, 0.4) is 0 Å². The SMILES string of the molecule is Cc1ccc([C@@H](Br)C(=O)NC2=NCCS2)cc1. The van der Waals surface area contributed by atoms with E-state index in [1.165, 1.54) is 5.56 Å². The average molecular weight is 313 g/mol. The zero-order valence-electron chi connectivity index (χ0n) is 9.44. The summed E-state index contributed by atoms with van der Waals surface area (Å²) in [7, 11) is 0. The number of hydrogen-bond acceptors (Lipinski definition) is 3. The van der Waals surface area contributed by atoms with Crippen molar-refractivity contribution in [1.29, 1.82) is 0 Å². The van der Waals surface area contributed by atoms with Crippen LogP contribution in [0, 0.1) is 6.92 Å². The maximum absolute atomic E-state index is 11.9. The molecule has 1 atom stereocenters. The van der Waals surface area contributed by atoms with Gasteiger partial charge in [0.2, 0.25) is 5.91 Å². The van der Waals surface area contributed by atoms with Gasteiger partial charge in [0.1, 0.15) is 4.83 Å². The van der Waals surface area contributed by atoms with Crippen LogP contribution in [0.4, 0.5) is 0 Å². The number of thioether (sulfide) groups is 1. The molecule has 0 bridgehead atoms. The smallest absolute Gasteiger partial charge is 0.244 e. The van der Waals surface area contributed by atoms with E-state index in [0.717, 1.165) is 23.0 Å². The van der Waals surface area contributed by atoms with Crippen molar-refractivity contribution in [3.8, 4) is 0 Å². The predicted molar refractivity (Wildman–Crippen MR) is 75.7 cm³/mol. The number of rotatable bonds is 2. The van der Waals surface area contributed by atoms with Crippen LogP contribution in [-0.2, 0) is 4.79 Å². The van der Waals surface area contributed by atoms with E-state index in [-0.39, 0.29) is 10.7 Å². The van der Waals surface area contributed by atoms with Crippen molar-refractivity contribution in [2.75, 3.05) is 12.3 Å². The molecule has 1 N–H and O–H groups in total. The van der Waals surface area contributed by atoms with E-state index in [4.69, 9.17) is 0 Å². The molecule has 1 amide bonds. The third-order valence-corrected chi connectivity index (χ3v) is 4.25. The normalized spacial score (nSPS) is 16.5. The first-order chi connectivity index (χ1) is 8.16. The monoisotopic (exact) mass is 312 g/mol. The lowest BCUT2D eigenvalue weighted by atomic mass is 10.1. The molecule has 0 aliphatic carbocycles. The van der Waals surface area contributed by atoms with Crippen LogP contribution in [0.1, 0.15) is 16.0 Å². The minimum absolute atomic E-state index is 0.0676. The number of aryl methyl sites for hydroxylation is 1. The largest absolute Gasteiger partial charge is 0.304 e. The standard InChI is InChI=1S/C12H13BrN2OS/c1-8-2-4-9(5-3-8)10(13)11(16)15-12-14-6-7-17-12/h2-5,10H,6-7H2,1H3,(H,14,15,16)/t10-/m1/s1. The van der Waals surface area contributed by atoms with Gasteiger partial charge in [0.15, 0.2) is 5.17 Å². The van der Waals surface area contributed by atoms with Crippen LogP contribution >= 0.6 is 27.7 Å². The number of alkyl halides is 1. The molecule has 0 spiro atoms. The number of amidine groups is 1. The first kappa shape index (κ1) is 12.6. The Labute approximate surface area is 113 Å². The van der Waals surface area contributed by atoms with Crippen molar-refractivity contribution in [2.24, 2.45) is 4.99 Å². The fourth-order valence-electron chi connectivity index (χ4n) is 1.47. The molecule has 0 saturated heterocycles. The average Bonchev–Trinajstić information content (AvgIpc) is 2.82. The Bertz CT molecular complexity index is 444. The highest BCUT2D eigenvalue weighted by atomic mass is 79.9. The fraction of sp³-hybridized carbons (Fsp3) is 0.333. The number of benzene rings is 1. The second-order valence-electron chi connectivity index (χ2n) is 3.80. The van der Waals surface area contributed by atoms with E-state index >= 15 is 0 Å². The number of halogens is 1. The number of aliphatic imine (C=N–C) groups is 1. The summed E-state index contributed by atoms with van der Waals surface area (Å²) in [6.45, 7) is 2.81. The zero-order valence-corrected chi connectivity index (χ0v) is 11.8. The molecule has 1 aromatic rings. The number of hydrogen-bond donors (Lipinski definition) is 1. The zero-order chi connectivity index (χ0) is 12.3. The van der Waals surface area contributed by atoms with Gasteiger partial charge >= 0.3 is 0 Å². The van der Waals surface area contributed by atoms with Crippen LogP contribution in [0.5, 0.6) is 0 Å². The summed E-state index contributed by atoms with van der Waals surface area (Å²) < 4.78 is 0. The summed E-state index contributed by atoms with van der Waals surface area (Å²) in [6.07, 6.45) is 0. The Balaban J connectivity index is 2.01. The van der Waals surface area contributed by atoms with Gasteiger partial charge in [-0.05, 0) is 12.5 Å². The maximum Gasteiger partial charge on any atom is 0.244 e. The maximum atomic E-state index is 11.9. The molecule has 90 valence electrons. The van der Waals surface area contributed by atoms with Crippen molar-refractivity contribution >= 4 is 38.8 Å². The van der Waals surface area contributed by atoms with E-state index in [1.807, 2.05) is 31.2 Å². The summed E-state index contributed by atoms with van der Waals surface area (Å²) in [5.41, 5.74) is 2.14. The third kappa shape index (κ3) is 3.33. The Morgan fingerprint density at radius 3 is 2.76 bits per heavy atom. The van der Waals surface area contributed by atoms with Gasteiger partial charge < -0.3 is 5.32 Å². The highest BCUT2D eigenvalue weighted by Gasteiger charge is 2.19. The van der Waals surface area contributed by atoms with Gasteiger partial charge in [-0.1, -0.05) is 57.5 Å². The minimum atomic E-state index is -0.327. The molecule has 0 fully saturated rings. The molecule has 17 heavy (non-hydrogen) atoms. The molecule has 2 rings (SSSR count). The Morgan fingerprint density at radius 2 is 2.18 bits per heavy atom. The lowest BCUT2D eigenvalue weighted by Gasteiger charge is -2.10. The lowest BCUT2D eigenvalue weighted by Crippen LogP contribution is -2.30. The topological polar surface area (TPSA) is 41.5 Å². The van der Waals surface area contributed by atoms with Crippen LogP contribution < -0.4 is 5.32 Å². The Morgan fingerprint density at radius 1 is 1.47 bits per heavy atom. The molecule has 1 aliphatic rings. The summed E-state index contributed by atoms with van der Waals surface area (Å²) in [6, 6.07) is 7.91. The van der Waals surface area contributed by atoms with Crippen LogP contribution in [0.25, 0.3) is 0 Å². The van der Waals surface area contributed by atoms with E-state index in [9.17, 15) is 4.79 Å². The molecule has 3 nitrogen and oxygen atoms in total. The van der Waals surface area contributed by atoms with Gasteiger partial charge in [-0.2, -0.15) is 0 Å². The van der Waals surface area contributed by atoms with E-state index in [2.05, 4.69) is 26.2 Å². The highest BCUT2D eigenvalue weighted by Crippen LogP contribution is 2.23. The van der Waals surface area contributed by atoms with Crippen molar-refractivity contribution in [3.63, 3.8) is 0 Å². The number of nitrogens with zero attached hydrogens (tertiary/aromatic N) is 1. The molecule has 5 heteroatoms. The highest BCUT2D eigenvalue weighted by molar-refractivity contribution is 9.09. The number of amides is 1. The van der Waals surface area contributed by atoms with Gasteiger partial charge in [0, 0.05) is 5.75 Å². The molecular formula is C12H13BrN2OS. The lowest BCUT2D eigenvalue weighted by molar-refractivity contribution is -0.119. The molecule has 0 saturated carbocycles. The van der Waals surface area contributed by atoms with Crippen LogP contribution in [0.2, 0.25) is 0 Å². The molecule has 1 heterocycles. The first-order valence-electron chi connectivity index (χ1n) is 5.35. The molecule has 0 aromatic heterocycles. The third-order valence-electron chi connectivity index (χ3n) is 2.42. The van der Waals surface area contributed by atoms with Crippen molar-refractivity contribution in [1.82, 2.24) is 5.32 Å². The molecule has 1 aliphatic heterocycles. The Kier molecular flexibility index (Phi) is 4.23. The molecule has 0 unspecified atom stereocenters. The minimum Gasteiger partial charge on any atom is -0.304 e. The fourth-order valence-corrected chi connectivity index (χ4v) is 2.62. The first-order valence-corrected chi connectivity index (χ1v) is 7.25. The second kappa shape index (κ2) is 5.69. The Hall–Kier alpha value is -0.810. The van der Waals surface area contributed by atoms with Crippen molar-refractivity contribution in [2.45, 2.75) is 11.8 Å². The number of nitrogens with one attached hydrogen (secondary N) is 1. The van der Waals surface area contributed by atoms with Gasteiger partial charge in [0.05, 0.1) is 6.54 Å². The van der Waals surface area contributed by atoms with Crippen LogP contribution in [-0.4, -0.2) is 23.4 Å². The van der Waals surface area contributed by atoms with Crippen molar-refractivity contribution < 1.29 is 4.79 Å². The van der Waals surface area contributed by atoms with E-state index in [0.29, 0.717) is 0 Å². The van der Waals surface area contributed by atoms with Gasteiger partial charge in [0.25, 0.3) is 0 Å². The van der Waals surface area contributed by atoms with E-state index < -0.39 is 0 Å². The second-order valence-corrected chi connectivity index (χ2v) is 5.80. The quantitative estimate of drug-likeness (QED) is 0.853.